The molecule has 0 heterocycles. The van der Waals surface area contributed by atoms with Gasteiger partial charge in [0.2, 0.25) is 0 Å². The van der Waals surface area contributed by atoms with E-state index in [4.69, 9.17) is 4.74 Å². The van der Waals surface area contributed by atoms with Gasteiger partial charge in [-0.1, -0.05) is 18.2 Å². The van der Waals surface area contributed by atoms with E-state index in [0.717, 1.165) is 25.7 Å². The minimum atomic E-state index is -0.0504. The predicted molar refractivity (Wildman–Crippen MR) is 77.3 cm³/mol. The smallest absolute Gasteiger partial charge is 0.308 e. The first-order valence-electron chi connectivity index (χ1n) is 7.02. The van der Waals surface area contributed by atoms with Crippen LogP contribution in [0, 0.1) is 19.8 Å². The quantitative estimate of drug-likeness (QED) is 0.847. The molecule has 1 aliphatic carbocycles. The molecule has 1 fully saturated rings. The number of aryl methyl sites for hydroxylation is 2. The Balaban J connectivity index is 1.94. The van der Waals surface area contributed by atoms with E-state index in [1.165, 1.54) is 23.9 Å². The van der Waals surface area contributed by atoms with Crippen molar-refractivity contribution >= 4 is 11.7 Å². The minimum absolute atomic E-state index is 0.0504. The zero-order chi connectivity index (χ0) is 13.8. The first kappa shape index (κ1) is 13.9. The van der Waals surface area contributed by atoms with Crippen molar-refractivity contribution in [3.8, 4) is 0 Å². The summed E-state index contributed by atoms with van der Waals surface area (Å²) >= 11 is 0. The third-order valence-electron chi connectivity index (χ3n) is 4.09. The molecule has 1 N–H and O–H groups in total. The van der Waals surface area contributed by atoms with Crippen LogP contribution in [-0.4, -0.2) is 19.1 Å². The van der Waals surface area contributed by atoms with Crippen molar-refractivity contribution in [3.63, 3.8) is 0 Å². The molecule has 0 amide bonds. The molecule has 0 saturated heterocycles. The second kappa shape index (κ2) is 6.09. The number of hydrogen-bond acceptors (Lipinski definition) is 3. The van der Waals surface area contributed by atoms with Crippen molar-refractivity contribution < 1.29 is 9.53 Å². The second-order valence-corrected chi connectivity index (χ2v) is 5.48. The molecule has 19 heavy (non-hydrogen) atoms. The van der Waals surface area contributed by atoms with Crippen LogP contribution in [0.15, 0.2) is 18.2 Å². The van der Waals surface area contributed by atoms with Gasteiger partial charge in [-0.15, -0.1) is 0 Å². The van der Waals surface area contributed by atoms with Gasteiger partial charge in [-0.25, -0.2) is 0 Å². The fourth-order valence-electron chi connectivity index (χ4n) is 2.89. The molecule has 104 valence electrons. The number of rotatable bonds is 3. The Morgan fingerprint density at radius 3 is 2.26 bits per heavy atom. The van der Waals surface area contributed by atoms with E-state index in [9.17, 15) is 4.79 Å². The van der Waals surface area contributed by atoms with Crippen LogP contribution in [0.5, 0.6) is 0 Å². The second-order valence-electron chi connectivity index (χ2n) is 5.48. The summed E-state index contributed by atoms with van der Waals surface area (Å²) in [4.78, 5) is 11.5. The fraction of sp³-hybridized carbons (Fsp3) is 0.562. The van der Waals surface area contributed by atoms with Gasteiger partial charge in [0.05, 0.1) is 13.0 Å². The van der Waals surface area contributed by atoms with Crippen LogP contribution in [0.25, 0.3) is 0 Å². The van der Waals surface area contributed by atoms with E-state index in [1.54, 1.807) is 0 Å². The van der Waals surface area contributed by atoms with E-state index >= 15 is 0 Å². The van der Waals surface area contributed by atoms with E-state index < -0.39 is 0 Å². The van der Waals surface area contributed by atoms with Gasteiger partial charge in [-0.05, 0) is 50.7 Å². The monoisotopic (exact) mass is 261 g/mol. The Bertz CT molecular complexity index is 428. The van der Waals surface area contributed by atoms with Crippen molar-refractivity contribution in [3.05, 3.63) is 29.3 Å². The molecule has 3 heteroatoms. The predicted octanol–water partition coefficient (Wildman–Crippen LogP) is 3.45. The fourth-order valence-corrected chi connectivity index (χ4v) is 2.89. The Morgan fingerprint density at radius 1 is 1.16 bits per heavy atom. The minimum Gasteiger partial charge on any atom is -0.469 e. The van der Waals surface area contributed by atoms with Crippen molar-refractivity contribution in [2.45, 2.75) is 45.6 Å². The molecule has 0 atom stereocenters. The summed E-state index contributed by atoms with van der Waals surface area (Å²) < 4.78 is 4.82. The molecule has 0 spiro atoms. The summed E-state index contributed by atoms with van der Waals surface area (Å²) in [6.45, 7) is 4.27. The number of ether oxygens (including phenoxy) is 1. The zero-order valence-corrected chi connectivity index (χ0v) is 12.0. The van der Waals surface area contributed by atoms with Gasteiger partial charge >= 0.3 is 5.97 Å². The molecule has 2 rings (SSSR count). The van der Waals surface area contributed by atoms with Crippen molar-refractivity contribution in [2.24, 2.45) is 5.92 Å². The number of hydrogen-bond donors (Lipinski definition) is 1. The SMILES string of the molecule is COC(=O)C1CCC(Nc2c(C)cccc2C)CC1. The molecule has 1 saturated carbocycles. The van der Waals surface area contributed by atoms with E-state index in [1.807, 2.05) is 0 Å². The summed E-state index contributed by atoms with van der Waals surface area (Å²) in [6, 6.07) is 6.83. The van der Waals surface area contributed by atoms with Crippen LogP contribution in [0.2, 0.25) is 0 Å². The van der Waals surface area contributed by atoms with Gasteiger partial charge in [0.25, 0.3) is 0 Å². The van der Waals surface area contributed by atoms with E-state index in [2.05, 4.69) is 37.4 Å². The van der Waals surface area contributed by atoms with E-state index in [0.29, 0.717) is 6.04 Å². The first-order valence-corrected chi connectivity index (χ1v) is 7.02. The van der Waals surface area contributed by atoms with Crippen LogP contribution in [-0.2, 0) is 9.53 Å². The zero-order valence-electron chi connectivity index (χ0n) is 12.0. The molecule has 0 radical (unpaired) electrons. The number of benzene rings is 1. The third kappa shape index (κ3) is 3.28. The molecule has 1 aromatic carbocycles. The average molecular weight is 261 g/mol. The van der Waals surface area contributed by atoms with Crippen LogP contribution >= 0.6 is 0 Å². The molecule has 0 unspecified atom stereocenters. The first-order chi connectivity index (χ1) is 9.11. The number of carbonyl (C=O) groups is 1. The largest absolute Gasteiger partial charge is 0.469 e. The highest BCUT2D eigenvalue weighted by Gasteiger charge is 2.27. The van der Waals surface area contributed by atoms with Gasteiger partial charge in [-0.2, -0.15) is 0 Å². The van der Waals surface area contributed by atoms with Crippen LogP contribution in [0.3, 0.4) is 0 Å². The molecule has 0 aliphatic heterocycles. The Morgan fingerprint density at radius 2 is 1.74 bits per heavy atom. The van der Waals surface area contributed by atoms with Crippen molar-refractivity contribution in [1.29, 1.82) is 0 Å². The van der Waals surface area contributed by atoms with Crippen LogP contribution in [0.4, 0.5) is 5.69 Å². The molecule has 0 bridgehead atoms. The molecule has 1 aromatic rings. The number of esters is 1. The van der Waals surface area contributed by atoms with E-state index in [-0.39, 0.29) is 11.9 Å². The van der Waals surface area contributed by atoms with Gasteiger partial charge in [-0.3, -0.25) is 4.79 Å². The molecular weight excluding hydrogens is 238 g/mol. The van der Waals surface area contributed by atoms with Gasteiger partial charge in [0, 0.05) is 11.7 Å². The summed E-state index contributed by atoms with van der Waals surface area (Å²) in [6.07, 6.45) is 3.92. The highest BCUT2D eigenvalue weighted by molar-refractivity contribution is 5.72. The number of carbonyl (C=O) groups excluding carboxylic acids is 1. The van der Waals surface area contributed by atoms with Crippen LogP contribution < -0.4 is 5.32 Å². The summed E-state index contributed by atoms with van der Waals surface area (Å²) in [7, 11) is 1.48. The maximum absolute atomic E-state index is 11.5. The van der Waals surface area contributed by atoms with Crippen LogP contribution in [0.1, 0.15) is 36.8 Å². The summed E-state index contributed by atoms with van der Waals surface area (Å²) in [5.41, 5.74) is 3.83. The highest BCUT2D eigenvalue weighted by Crippen LogP contribution is 2.29. The standard InChI is InChI=1S/C16H23NO2/c1-11-5-4-6-12(2)15(11)17-14-9-7-13(8-10-14)16(18)19-3/h4-6,13-14,17H,7-10H2,1-3H3. The number of methoxy groups -OCH3 is 1. The Labute approximate surface area is 115 Å². The average Bonchev–Trinajstić information content (AvgIpc) is 2.43. The third-order valence-corrected chi connectivity index (χ3v) is 4.09. The topological polar surface area (TPSA) is 38.3 Å². The highest BCUT2D eigenvalue weighted by atomic mass is 16.5. The lowest BCUT2D eigenvalue weighted by Gasteiger charge is -2.29. The van der Waals surface area contributed by atoms with Gasteiger partial charge < -0.3 is 10.1 Å². The number of anilines is 1. The number of para-hydroxylation sites is 1. The molecule has 1 aliphatic rings. The van der Waals surface area contributed by atoms with Gasteiger partial charge in [0.1, 0.15) is 0 Å². The maximum Gasteiger partial charge on any atom is 0.308 e. The van der Waals surface area contributed by atoms with Gasteiger partial charge in [0.15, 0.2) is 0 Å². The number of nitrogens with one attached hydrogen (secondary N) is 1. The van der Waals surface area contributed by atoms with Crippen molar-refractivity contribution in [1.82, 2.24) is 0 Å². The Kier molecular flexibility index (Phi) is 4.46. The maximum atomic E-state index is 11.5. The molecule has 3 nitrogen and oxygen atoms in total. The normalized spacial score (nSPS) is 22.9. The lowest BCUT2D eigenvalue weighted by Crippen LogP contribution is -2.30. The summed E-state index contributed by atoms with van der Waals surface area (Å²) in [5.74, 6) is 0.0477. The lowest BCUT2D eigenvalue weighted by molar-refractivity contribution is -0.146. The molecule has 0 aromatic heterocycles. The summed E-state index contributed by atoms with van der Waals surface area (Å²) in [5, 5.41) is 3.64. The Hall–Kier alpha value is -1.51. The lowest BCUT2D eigenvalue weighted by atomic mass is 9.86. The molecular formula is C16H23NO2. The van der Waals surface area contributed by atoms with Crippen molar-refractivity contribution in [2.75, 3.05) is 12.4 Å².